The largest absolute Gasteiger partial charge is 0.488 e. The quantitative estimate of drug-likeness (QED) is 0.457. The molecular formula is C26H25N5O2. The fourth-order valence-electron chi connectivity index (χ4n) is 4.21. The first kappa shape index (κ1) is 21.0. The number of benzene rings is 2. The Balaban J connectivity index is 1.38. The van der Waals surface area contributed by atoms with E-state index < -0.39 is 0 Å². The summed E-state index contributed by atoms with van der Waals surface area (Å²) in [6, 6.07) is 21.8. The first-order chi connectivity index (χ1) is 16.2. The Hall–Kier alpha value is -3.89. The fraction of sp³-hybridized carbons (Fsp3) is 0.269. The minimum absolute atomic E-state index is 0.187. The summed E-state index contributed by atoms with van der Waals surface area (Å²) in [5, 5.41) is 27.7. The van der Waals surface area contributed by atoms with Crippen molar-refractivity contribution < 1.29 is 9.84 Å². The lowest BCUT2D eigenvalue weighted by Crippen LogP contribution is -2.28. The molecular weight excluding hydrogens is 414 g/mol. The molecule has 2 heterocycles. The van der Waals surface area contributed by atoms with E-state index in [0.717, 1.165) is 54.0 Å². The van der Waals surface area contributed by atoms with Gasteiger partial charge in [0.15, 0.2) is 5.65 Å². The molecule has 0 unspecified atom stereocenters. The average molecular weight is 440 g/mol. The minimum atomic E-state index is -0.187. The molecule has 7 heteroatoms. The van der Waals surface area contributed by atoms with Gasteiger partial charge in [-0.25, -0.2) is 9.50 Å². The van der Waals surface area contributed by atoms with Crippen LogP contribution in [0.4, 0.5) is 5.82 Å². The topological polar surface area (TPSA) is 95.5 Å². The SMILES string of the molecule is N#Cc1cc(-c2cnc3ccc(NC4CCC(O)CC4)nn23)ccc1OCc1ccccc1. The molecule has 2 aromatic carbocycles. The molecule has 1 aliphatic carbocycles. The van der Waals surface area contributed by atoms with E-state index in [1.165, 1.54) is 0 Å². The van der Waals surface area contributed by atoms with E-state index in [1.54, 1.807) is 10.7 Å². The van der Waals surface area contributed by atoms with Gasteiger partial charge in [-0.15, -0.1) is 5.10 Å². The molecule has 33 heavy (non-hydrogen) atoms. The molecule has 2 N–H and O–H groups in total. The zero-order valence-electron chi connectivity index (χ0n) is 18.2. The van der Waals surface area contributed by atoms with Crippen LogP contribution in [0.15, 0.2) is 66.9 Å². The highest BCUT2D eigenvalue weighted by molar-refractivity contribution is 5.67. The van der Waals surface area contributed by atoms with Gasteiger partial charge >= 0.3 is 0 Å². The van der Waals surface area contributed by atoms with Crippen LogP contribution in [0, 0.1) is 11.3 Å². The van der Waals surface area contributed by atoms with Crippen molar-refractivity contribution in [2.75, 3.05) is 5.32 Å². The predicted octanol–water partition coefficient (Wildman–Crippen LogP) is 4.56. The van der Waals surface area contributed by atoms with Crippen molar-refractivity contribution in [2.45, 2.75) is 44.4 Å². The van der Waals surface area contributed by atoms with E-state index in [1.807, 2.05) is 60.7 Å². The van der Waals surface area contributed by atoms with Gasteiger partial charge in [0.25, 0.3) is 0 Å². The molecule has 7 nitrogen and oxygen atoms in total. The van der Waals surface area contributed by atoms with Gasteiger partial charge < -0.3 is 15.2 Å². The summed E-state index contributed by atoms with van der Waals surface area (Å²) in [7, 11) is 0. The van der Waals surface area contributed by atoms with E-state index >= 15 is 0 Å². The average Bonchev–Trinajstić information content (AvgIpc) is 3.28. The molecule has 0 aliphatic heterocycles. The maximum absolute atomic E-state index is 9.74. The normalized spacial score (nSPS) is 18.1. The number of nitrogens with one attached hydrogen (secondary N) is 1. The van der Waals surface area contributed by atoms with E-state index in [-0.39, 0.29) is 6.10 Å². The van der Waals surface area contributed by atoms with Crippen LogP contribution >= 0.6 is 0 Å². The first-order valence-electron chi connectivity index (χ1n) is 11.2. The molecule has 0 saturated heterocycles. The van der Waals surface area contributed by atoms with Gasteiger partial charge in [-0.3, -0.25) is 0 Å². The van der Waals surface area contributed by atoms with E-state index in [0.29, 0.717) is 24.0 Å². The smallest absolute Gasteiger partial charge is 0.154 e. The van der Waals surface area contributed by atoms with Gasteiger partial charge in [0.2, 0.25) is 0 Å². The fourth-order valence-corrected chi connectivity index (χ4v) is 4.21. The van der Waals surface area contributed by atoms with E-state index in [4.69, 9.17) is 9.84 Å². The summed E-state index contributed by atoms with van der Waals surface area (Å²) in [5.74, 6) is 1.32. The Morgan fingerprint density at radius 1 is 1.06 bits per heavy atom. The molecule has 166 valence electrons. The summed E-state index contributed by atoms with van der Waals surface area (Å²) in [6.45, 7) is 0.402. The van der Waals surface area contributed by atoms with Crippen LogP contribution < -0.4 is 10.1 Å². The number of anilines is 1. The monoisotopic (exact) mass is 439 g/mol. The van der Waals surface area contributed by atoms with Crippen LogP contribution in [-0.4, -0.2) is 31.9 Å². The van der Waals surface area contributed by atoms with Crippen LogP contribution in [-0.2, 0) is 6.61 Å². The van der Waals surface area contributed by atoms with Crippen molar-refractivity contribution in [1.82, 2.24) is 14.6 Å². The number of aromatic nitrogens is 3. The molecule has 0 atom stereocenters. The summed E-state index contributed by atoms with van der Waals surface area (Å²) in [5.41, 5.74) is 3.89. The lowest BCUT2D eigenvalue weighted by molar-refractivity contribution is 0.126. The number of imidazole rings is 1. The molecule has 2 aromatic heterocycles. The van der Waals surface area contributed by atoms with Gasteiger partial charge in [-0.1, -0.05) is 30.3 Å². The highest BCUT2D eigenvalue weighted by Gasteiger charge is 2.20. The lowest BCUT2D eigenvalue weighted by atomic mass is 9.93. The Morgan fingerprint density at radius 2 is 1.88 bits per heavy atom. The number of hydrogen-bond acceptors (Lipinski definition) is 6. The predicted molar refractivity (Wildman–Crippen MR) is 126 cm³/mol. The molecule has 1 aliphatic rings. The summed E-state index contributed by atoms with van der Waals surface area (Å²) >= 11 is 0. The zero-order valence-corrected chi connectivity index (χ0v) is 18.2. The Labute approximate surface area is 192 Å². The van der Waals surface area contributed by atoms with Crippen molar-refractivity contribution >= 4 is 11.5 Å². The third-order valence-corrected chi connectivity index (χ3v) is 6.04. The second-order valence-corrected chi connectivity index (χ2v) is 8.38. The molecule has 0 bridgehead atoms. The zero-order chi connectivity index (χ0) is 22.6. The third-order valence-electron chi connectivity index (χ3n) is 6.04. The van der Waals surface area contributed by atoms with Gasteiger partial charge in [0.05, 0.1) is 23.6 Å². The summed E-state index contributed by atoms with van der Waals surface area (Å²) in [4.78, 5) is 4.47. The van der Waals surface area contributed by atoms with Crippen molar-refractivity contribution in [2.24, 2.45) is 0 Å². The number of nitrogens with zero attached hydrogens (tertiary/aromatic N) is 4. The summed E-state index contributed by atoms with van der Waals surface area (Å²) in [6.07, 6.45) is 5.05. The van der Waals surface area contributed by atoms with Crippen LogP contribution in [0.25, 0.3) is 16.9 Å². The number of aliphatic hydroxyl groups excluding tert-OH is 1. The summed E-state index contributed by atoms with van der Waals surface area (Å²) < 4.78 is 7.69. The van der Waals surface area contributed by atoms with Crippen molar-refractivity contribution in [3.05, 3.63) is 78.0 Å². The molecule has 0 radical (unpaired) electrons. The van der Waals surface area contributed by atoms with Gasteiger partial charge in [0.1, 0.15) is 24.2 Å². The van der Waals surface area contributed by atoms with Gasteiger partial charge in [0, 0.05) is 11.6 Å². The maximum Gasteiger partial charge on any atom is 0.154 e. The molecule has 1 fully saturated rings. The first-order valence-corrected chi connectivity index (χ1v) is 11.2. The number of fused-ring (bicyclic) bond motifs is 1. The second kappa shape index (κ2) is 9.31. The van der Waals surface area contributed by atoms with Crippen molar-refractivity contribution in [3.8, 4) is 23.1 Å². The molecule has 0 amide bonds. The molecule has 0 spiro atoms. The molecule has 4 aromatic rings. The van der Waals surface area contributed by atoms with Crippen molar-refractivity contribution in [1.29, 1.82) is 5.26 Å². The van der Waals surface area contributed by atoms with Crippen LogP contribution in [0.3, 0.4) is 0 Å². The third kappa shape index (κ3) is 4.66. The number of nitriles is 1. The lowest BCUT2D eigenvalue weighted by Gasteiger charge is -2.26. The van der Waals surface area contributed by atoms with E-state index in [9.17, 15) is 10.4 Å². The van der Waals surface area contributed by atoms with Crippen LogP contribution in [0.2, 0.25) is 0 Å². The Morgan fingerprint density at radius 3 is 2.67 bits per heavy atom. The van der Waals surface area contributed by atoms with Crippen LogP contribution in [0.5, 0.6) is 5.75 Å². The number of hydrogen-bond donors (Lipinski definition) is 2. The van der Waals surface area contributed by atoms with Crippen molar-refractivity contribution in [3.63, 3.8) is 0 Å². The maximum atomic E-state index is 9.74. The molecule has 1 saturated carbocycles. The van der Waals surface area contributed by atoms with E-state index in [2.05, 4.69) is 16.4 Å². The molecule has 5 rings (SSSR count). The standard InChI is InChI=1S/C26H25N5O2/c27-15-20-14-19(6-11-24(20)33-17-18-4-2-1-3-5-18)23-16-28-26-13-12-25(30-31(23)26)29-21-7-9-22(32)10-8-21/h1-6,11-14,16,21-22,32H,7-10,17H2,(H,29,30). The number of rotatable bonds is 6. The number of aliphatic hydroxyl groups is 1. The highest BCUT2D eigenvalue weighted by Crippen LogP contribution is 2.28. The minimum Gasteiger partial charge on any atom is -0.488 e. The number of ether oxygens (including phenoxy) is 1. The highest BCUT2D eigenvalue weighted by atomic mass is 16.5. The second-order valence-electron chi connectivity index (χ2n) is 8.38. The van der Waals surface area contributed by atoms with Crippen LogP contribution in [0.1, 0.15) is 36.8 Å². The van der Waals surface area contributed by atoms with Gasteiger partial charge in [-0.05, 0) is 61.6 Å². The van der Waals surface area contributed by atoms with Gasteiger partial charge in [-0.2, -0.15) is 5.26 Å². The Kier molecular flexibility index (Phi) is 5.92. The Bertz CT molecular complexity index is 1290.